The van der Waals surface area contributed by atoms with Crippen molar-refractivity contribution in [3.63, 3.8) is 0 Å². The molecule has 5 nitrogen and oxygen atoms in total. The summed E-state index contributed by atoms with van der Waals surface area (Å²) >= 11 is 0. The van der Waals surface area contributed by atoms with E-state index in [1.807, 2.05) is 0 Å². The van der Waals surface area contributed by atoms with Crippen LogP contribution < -0.4 is 11.1 Å². The smallest absolute Gasteiger partial charge is 0.221 e. The first-order valence-corrected chi connectivity index (χ1v) is 4.70. The van der Waals surface area contributed by atoms with Crippen molar-refractivity contribution >= 4 is 5.91 Å². The van der Waals surface area contributed by atoms with E-state index < -0.39 is 5.60 Å². The van der Waals surface area contributed by atoms with E-state index in [9.17, 15) is 9.90 Å². The Bertz CT molecular complexity index is 171. The largest absolute Gasteiger partial charge is 0.388 e. The lowest BCUT2D eigenvalue weighted by Gasteiger charge is -2.23. The Morgan fingerprint density at radius 2 is 2.29 bits per heavy atom. The van der Waals surface area contributed by atoms with Crippen LogP contribution in [0.15, 0.2) is 0 Å². The third-order valence-corrected chi connectivity index (χ3v) is 1.88. The van der Waals surface area contributed by atoms with E-state index in [4.69, 9.17) is 10.5 Å². The third-order valence-electron chi connectivity index (χ3n) is 1.88. The van der Waals surface area contributed by atoms with Crippen LogP contribution >= 0.6 is 0 Å². The molecular weight excluding hydrogens is 184 g/mol. The van der Waals surface area contributed by atoms with Crippen molar-refractivity contribution in [2.75, 3.05) is 26.8 Å². The summed E-state index contributed by atoms with van der Waals surface area (Å²) in [4.78, 5) is 11.0. The average molecular weight is 204 g/mol. The molecule has 14 heavy (non-hydrogen) atoms. The summed E-state index contributed by atoms with van der Waals surface area (Å²) in [7, 11) is 1.57. The molecule has 0 rings (SSSR count). The number of hydrogen-bond acceptors (Lipinski definition) is 4. The molecule has 0 bridgehead atoms. The lowest BCUT2D eigenvalue weighted by atomic mass is 10.0. The van der Waals surface area contributed by atoms with E-state index in [1.54, 1.807) is 14.0 Å². The predicted molar refractivity (Wildman–Crippen MR) is 53.8 cm³/mol. The van der Waals surface area contributed by atoms with Gasteiger partial charge in [0.1, 0.15) is 0 Å². The third kappa shape index (κ3) is 6.82. The number of carbonyl (C=O) groups is 1. The Balaban J connectivity index is 3.68. The molecule has 1 unspecified atom stereocenters. The number of nitrogens with one attached hydrogen (secondary N) is 1. The molecule has 5 heteroatoms. The highest BCUT2D eigenvalue weighted by molar-refractivity contribution is 5.76. The monoisotopic (exact) mass is 204 g/mol. The van der Waals surface area contributed by atoms with E-state index in [-0.39, 0.29) is 12.5 Å². The van der Waals surface area contributed by atoms with Gasteiger partial charge in [-0.1, -0.05) is 0 Å². The van der Waals surface area contributed by atoms with Gasteiger partial charge in [-0.15, -0.1) is 0 Å². The summed E-state index contributed by atoms with van der Waals surface area (Å²) in [5.74, 6) is -0.134. The van der Waals surface area contributed by atoms with Crippen LogP contribution in [-0.2, 0) is 9.53 Å². The van der Waals surface area contributed by atoms with Gasteiger partial charge in [-0.05, 0) is 6.92 Å². The first kappa shape index (κ1) is 13.4. The van der Waals surface area contributed by atoms with Gasteiger partial charge < -0.3 is 20.9 Å². The molecular formula is C9H20N2O3. The first-order chi connectivity index (χ1) is 6.52. The van der Waals surface area contributed by atoms with Crippen LogP contribution in [0, 0.1) is 0 Å². The zero-order valence-corrected chi connectivity index (χ0v) is 8.88. The Morgan fingerprint density at radius 1 is 1.64 bits per heavy atom. The second kappa shape index (κ2) is 6.75. The van der Waals surface area contributed by atoms with E-state index in [2.05, 4.69) is 5.32 Å². The van der Waals surface area contributed by atoms with Crippen molar-refractivity contribution in [2.45, 2.75) is 25.4 Å². The molecule has 0 aliphatic heterocycles. The minimum Gasteiger partial charge on any atom is -0.388 e. The highest BCUT2D eigenvalue weighted by Gasteiger charge is 2.20. The first-order valence-electron chi connectivity index (χ1n) is 4.70. The fraction of sp³-hybridized carbons (Fsp3) is 0.889. The zero-order chi connectivity index (χ0) is 11.0. The quantitative estimate of drug-likeness (QED) is 0.509. The van der Waals surface area contributed by atoms with E-state index >= 15 is 0 Å². The molecule has 0 radical (unpaired) electrons. The summed E-state index contributed by atoms with van der Waals surface area (Å²) < 4.78 is 4.84. The summed E-state index contributed by atoms with van der Waals surface area (Å²) in [6, 6.07) is 0. The maximum Gasteiger partial charge on any atom is 0.221 e. The van der Waals surface area contributed by atoms with Gasteiger partial charge in [-0.25, -0.2) is 0 Å². The minimum absolute atomic E-state index is 0.134. The molecule has 0 saturated carbocycles. The summed E-state index contributed by atoms with van der Waals surface area (Å²) in [6.45, 7) is 2.69. The van der Waals surface area contributed by atoms with Crippen LogP contribution in [-0.4, -0.2) is 43.4 Å². The van der Waals surface area contributed by atoms with E-state index in [0.717, 1.165) is 0 Å². The molecule has 84 valence electrons. The van der Waals surface area contributed by atoms with E-state index in [0.29, 0.717) is 26.0 Å². The molecule has 0 aromatic heterocycles. The molecule has 0 heterocycles. The molecule has 0 saturated heterocycles. The number of aliphatic hydroxyl groups is 1. The van der Waals surface area contributed by atoms with Crippen molar-refractivity contribution in [3.05, 3.63) is 0 Å². The average Bonchev–Trinajstić information content (AvgIpc) is 2.13. The van der Waals surface area contributed by atoms with Crippen LogP contribution in [0.3, 0.4) is 0 Å². The summed E-state index contributed by atoms with van der Waals surface area (Å²) in [5, 5.41) is 12.3. The maximum atomic E-state index is 11.0. The number of amides is 1. The van der Waals surface area contributed by atoms with Gasteiger partial charge in [-0.3, -0.25) is 4.79 Å². The van der Waals surface area contributed by atoms with Gasteiger partial charge in [0.05, 0.1) is 5.60 Å². The topological polar surface area (TPSA) is 84.6 Å². The Morgan fingerprint density at radius 3 is 2.79 bits per heavy atom. The standard InChI is InChI=1S/C9H20N2O3/c1-9(13,4-6-14-2)7-11-8(12)3-5-10/h13H,3-7,10H2,1-2H3,(H,11,12). The number of rotatable bonds is 7. The maximum absolute atomic E-state index is 11.0. The normalized spacial score (nSPS) is 14.9. The second-order valence-electron chi connectivity index (χ2n) is 3.56. The Kier molecular flexibility index (Phi) is 6.44. The summed E-state index contributed by atoms with van der Waals surface area (Å²) in [5.41, 5.74) is 4.29. The van der Waals surface area contributed by atoms with Gasteiger partial charge in [-0.2, -0.15) is 0 Å². The van der Waals surface area contributed by atoms with Gasteiger partial charge in [0.2, 0.25) is 5.91 Å². The summed E-state index contributed by atoms with van der Waals surface area (Å²) in [6.07, 6.45) is 0.784. The fourth-order valence-corrected chi connectivity index (χ4v) is 0.919. The van der Waals surface area contributed by atoms with Crippen LogP contribution in [0.25, 0.3) is 0 Å². The molecule has 0 aromatic rings. The van der Waals surface area contributed by atoms with Crippen molar-refractivity contribution in [2.24, 2.45) is 5.73 Å². The fourth-order valence-electron chi connectivity index (χ4n) is 0.919. The van der Waals surface area contributed by atoms with Crippen molar-refractivity contribution in [3.8, 4) is 0 Å². The van der Waals surface area contributed by atoms with Gasteiger partial charge in [0.15, 0.2) is 0 Å². The highest BCUT2D eigenvalue weighted by Crippen LogP contribution is 2.07. The lowest BCUT2D eigenvalue weighted by Crippen LogP contribution is -2.41. The predicted octanol–water partition coefficient (Wildman–Crippen LogP) is -0.761. The number of nitrogens with two attached hydrogens (primary N) is 1. The zero-order valence-electron chi connectivity index (χ0n) is 8.88. The molecule has 0 fully saturated rings. The molecule has 1 amide bonds. The van der Waals surface area contributed by atoms with Gasteiger partial charge >= 0.3 is 0 Å². The highest BCUT2D eigenvalue weighted by atomic mass is 16.5. The van der Waals surface area contributed by atoms with Crippen LogP contribution in [0.4, 0.5) is 0 Å². The molecule has 1 atom stereocenters. The number of ether oxygens (including phenoxy) is 1. The minimum atomic E-state index is -0.916. The molecule has 0 spiro atoms. The molecule has 0 aliphatic rings. The number of carbonyl (C=O) groups excluding carboxylic acids is 1. The van der Waals surface area contributed by atoms with Crippen molar-refractivity contribution in [1.82, 2.24) is 5.32 Å². The Hall–Kier alpha value is -0.650. The van der Waals surface area contributed by atoms with Crippen molar-refractivity contribution in [1.29, 1.82) is 0 Å². The SMILES string of the molecule is COCCC(C)(O)CNC(=O)CCN. The molecule has 0 aromatic carbocycles. The van der Waals surface area contributed by atoms with Gasteiger partial charge in [0, 0.05) is 39.6 Å². The molecule has 4 N–H and O–H groups in total. The van der Waals surface area contributed by atoms with Gasteiger partial charge in [0.25, 0.3) is 0 Å². The van der Waals surface area contributed by atoms with Crippen LogP contribution in [0.2, 0.25) is 0 Å². The van der Waals surface area contributed by atoms with Crippen LogP contribution in [0.1, 0.15) is 19.8 Å². The number of methoxy groups -OCH3 is 1. The second-order valence-corrected chi connectivity index (χ2v) is 3.56. The van der Waals surface area contributed by atoms with E-state index in [1.165, 1.54) is 0 Å². The number of hydrogen-bond donors (Lipinski definition) is 3. The molecule has 0 aliphatic carbocycles. The van der Waals surface area contributed by atoms with Crippen LogP contribution in [0.5, 0.6) is 0 Å². The Labute approximate surface area is 84.6 Å². The van der Waals surface area contributed by atoms with Crippen molar-refractivity contribution < 1.29 is 14.6 Å². The lowest BCUT2D eigenvalue weighted by molar-refractivity contribution is -0.122.